The van der Waals surface area contributed by atoms with Crippen LogP contribution in [-0.2, 0) is 53.0 Å². The summed E-state index contributed by atoms with van der Waals surface area (Å²) in [5.41, 5.74) is 0. The molecule has 0 saturated carbocycles. The monoisotopic (exact) mass is 340 g/mol. The molecule has 0 amide bonds. The number of hydrogen-bond donors (Lipinski definition) is 2. The summed E-state index contributed by atoms with van der Waals surface area (Å²) in [6, 6.07) is 0. The van der Waals surface area contributed by atoms with E-state index in [2.05, 4.69) is 11.2 Å². The van der Waals surface area contributed by atoms with Crippen molar-refractivity contribution in [1.82, 2.24) is 0 Å². The predicted octanol–water partition coefficient (Wildman–Crippen LogP) is -4.66. The third-order valence-electron chi connectivity index (χ3n) is 0. The zero-order valence-electron chi connectivity index (χ0n) is 5.46. The van der Waals surface area contributed by atoms with E-state index >= 15 is 0 Å². The molecule has 12 heavy (non-hydrogen) atoms. The van der Waals surface area contributed by atoms with Crippen LogP contribution in [0.25, 0.3) is 0 Å². The Morgan fingerprint density at radius 1 is 1.08 bits per heavy atom. The van der Waals surface area contributed by atoms with Crippen LogP contribution in [0.4, 0.5) is 0 Å². The Hall–Kier alpha value is 1.90. The van der Waals surface area contributed by atoms with Gasteiger partial charge in [-0.25, -0.2) is 0 Å². The van der Waals surface area contributed by atoms with Crippen molar-refractivity contribution in [2.75, 3.05) is 0 Å². The predicted molar refractivity (Wildman–Crippen MR) is 31.2 cm³/mol. The zero-order chi connectivity index (χ0) is 9.00. The molecule has 0 saturated heterocycles. The van der Waals surface area contributed by atoms with E-state index < -0.39 is 19.5 Å². The van der Waals surface area contributed by atoms with E-state index in [-0.39, 0.29) is 51.9 Å². The van der Waals surface area contributed by atoms with Crippen LogP contribution in [0.3, 0.4) is 0 Å². The van der Waals surface area contributed by atoms with Gasteiger partial charge in [0.2, 0.25) is 0 Å². The van der Waals surface area contributed by atoms with Gasteiger partial charge in [-0.15, -0.1) is 9.05 Å². The second-order valence-electron chi connectivity index (χ2n) is 0.856. The van der Waals surface area contributed by atoms with Crippen LogP contribution < -0.4 is 29.6 Å². The smallest absolute Gasteiger partial charge is 0.780 e. The molecule has 0 aromatic rings. The van der Waals surface area contributed by atoms with Gasteiger partial charge in [0.15, 0.2) is 0 Å². The maximum atomic E-state index is 8.89. The summed E-state index contributed by atoms with van der Waals surface area (Å²) in [5.74, 6) is 0. The van der Waals surface area contributed by atoms with Gasteiger partial charge in [-0.3, -0.25) is 13.3 Å². The Morgan fingerprint density at radius 3 is 1.08 bits per heavy atom. The Bertz CT molecular complexity index is 215. The minimum absolute atomic E-state index is 0. The maximum absolute atomic E-state index is 8.89. The van der Waals surface area contributed by atoms with Gasteiger partial charge in [0, 0.05) is 0 Å². The van der Waals surface area contributed by atoms with E-state index in [1.54, 1.807) is 0 Å². The summed E-state index contributed by atoms with van der Waals surface area (Å²) < 4.78 is 58.3. The van der Waals surface area contributed by atoms with Gasteiger partial charge in [-0.05, 0) is 11.2 Å². The maximum Gasteiger partial charge on any atom is 1.00 e. The number of rotatable bonds is 0. The van der Waals surface area contributed by atoms with Crippen molar-refractivity contribution < 1.29 is 82.8 Å². The number of hydrogen-bond acceptors (Lipinski definition) is 6. The first kappa shape index (κ1) is 23.6. The molecule has 0 aliphatic heterocycles. The molecular formula is H2AgNaO7S3. The average molecular weight is 341 g/mol. The van der Waals surface area contributed by atoms with Crippen molar-refractivity contribution in [3.8, 4) is 0 Å². The van der Waals surface area contributed by atoms with Gasteiger partial charge < -0.3 is 9.11 Å². The fraction of sp³-hybridized carbons (Fsp3) is 0. The molecule has 0 bridgehead atoms. The van der Waals surface area contributed by atoms with Crippen LogP contribution in [0.1, 0.15) is 0 Å². The largest absolute Gasteiger partial charge is 1.00 e. The van der Waals surface area contributed by atoms with E-state index in [1.165, 1.54) is 0 Å². The minimum Gasteiger partial charge on any atom is -0.780 e. The van der Waals surface area contributed by atoms with Crippen LogP contribution >= 0.6 is 0 Å². The summed E-state index contributed by atoms with van der Waals surface area (Å²) in [7, 11) is -9.00. The third-order valence-corrected chi connectivity index (χ3v) is 0. The van der Waals surface area contributed by atoms with Crippen LogP contribution in [0.2, 0.25) is 0 Å². The SMILES string of the molecule is O=S(=O)(O)O.O=S([O-])([O-])=S.[Ag+].[Na+]. The molecule has 0 aliphatic rings. The molecule has 0 radical (unpaired) electrons. The molecule has 0 spiro atoms. The van der Waals surface area contributed by atoms with Gasteiger partial charge in [0.1, 0.15) is 0 Å². The molecule has 74 valence electrons. The van der Waals surface area contributed by atoms with Crippen molar-refractivity contribution in [3.63, 3.8) is 0 Å². The van der Waals surface area contributed by atoms with Gasteiger partial charge >= 0.3 is 62.3 Å². The summed E-state index contributed by atoms with van der Waals surface area (Å²) in [5, 5.41) is 0. The van der Waals surface area contributed by atoms with Crippen LogP contribution in [0, 0.1) is 0 Å². The van der Waals surface area contributed by atoms with Gasteiger partial charge in [0.25, 0.3) is 0 Å². The molecule has 0 aliphatic carbocycles. The van der Waals surface area contributed by atoms with Gasteiger partial charge in [-0.1, -0.05) is 0 Å². The Morgan fingerprint density at radius 2 is 1.08 bits per heavy atom. The van der Waals surface area contributed by atoms with E-state index in [9.17, 15) is 0 Å². The second-order valence-corrected chi connectivity index (χ2v) is 3.79. The molecule has 7 nitrogen and oxygen atoms in total. The van der Waals surface area contributed by atoms with Crippen LogP contribution in [0.15, 0.2) is 0 Å². The minimum atomic E-state index is -4.67. The Balaban J connectivity index is -0.0000000457. The Kier molecular flexibility index (Phi) is 18.6. The fourth-order valence-corrected chi connectivity index (χ4v) is 0. The molecular weight excluding hydrogens is 339 g/mol. The molecule has 0 unspecified atom stereocenters. The van der Waals surface area contributed by atoms with Gasteiger partial charge in [0.05, 0.1) is 0 Å². The van der Waals surface area contributed by atoms with E-state index in [4.69, 9.17) is 30.8 Å². The van der Waals surface area contributed by atoms with E-state index in [0.29, 0.717) is 0 Å². The second kappa shape index (κ2) is 9.46. The topological polar surface area (TPSA) is 138 Å². The molecule has 0 rings (SSSR count). The van der Waals surface area contributed by atoms with Crippen molar-refractivity contribution in [3.05, 3.63) is 0 Å². The molecule has 0 aromatic heterocycles. The standard InChI is InChI=1S/Ag.Na.H2O4S.H2O3S2/c;;2*1-5(2,3)4/h;;2*(H2,1,2,3,4)/q2*+1;;/p-2. The summed E-state index contributed by atoms with van der Waals surface area (Å²) >= 11 is 3.24. The quantitative estimate of drug-likeness (QED) is 0.331. The van der Waals surface area contributed by atoms with Crippen molar-refractivity contribution in [2.24, 2.45) is 0 Å². The molecule has 12 heteroatoms. The summed E-state index contributed by atoms with van der Waals surface area (Å²) in [6.07, 6.45) is 0. The molecule has 0 fully saturated rings. The Labute approximate surface area is 112 Å². The first-order valence-electron chi connectivity index (χ1n) is 1.37. The van der Waals surface area contributed by atoms with Crippen molar-refractivity contribution in [2.45, 2.75) is 0 Å². The first-order valence-corrected chi connectivity index (χ1v) is 5.10. The van der Waals surface area contributed by atoms with E-state index in [0.717, 1.165) is 0 Å². The van der Waals surface area contributed by atoms with E-state index in [1.807, 2.05) is 0 Å². The molecule has 0 heterocycles. The van der Waals surface area contributed by atoms with Crippen molar-refractivity contribution in [1.29, 1.82) is 0 Å². The fourth-order valence-electron chi connectivity index (χ4n) is 0. The molecule has 2 N–H and O–H groups in total. The molecule has 0 atom stereocenters. The average Bonchev–Trinajstić information content (AvgIpc) is 1.12. The van der Waals surface area contributed by atoms with Crippen LogP contribution in [-0.4, -0.2) is 30.8 Å². The normalized spacial score (nSPS) is 9.67. The third kappa shape index (κ3) is 392. The zero-order valence-corrected chi connectivity index (χ0v) is 11.4. The van der Waals surface area contributed by atoms with Crippen LogP contribution in [0.5, 0.6) is 0 Å². The van der Waals surface area contributed by atoms with Crippen molar-refractivity contribution >= 4 is 30.6 Å². The first-order chi connectivity index (χ1) is 4.00. The summed E-state index contributed by atoms with van der Waals surface area (Å²) in [6.45, 7) is 0. The summed E-state index contributed by atoms with van der Waals surface area (Å²) in [4.78, 5) is 0. The molecule has 0 aromatic carbocycles. The van der Waals surface area contributed by atoms with Gasteiger partial charge in [-0.2, -0.15) is 8.42 Å².